The van der Waals surface area contributed by atoms with E-state index in [1.807, 2.05) is 53.3 Å². The molecule has 3 fully saturated rings. The Hall–Kier alpha value is -6.71. The van der Waals surface area contributed by atoms with E-state index in [0.717, 1.165) is 151 Å². The van der Waals surface area contributed by atoms with Crippen molar-refractivity contribution >= 4 is 83.8 Å². The maximum atomic E-state index is 14.5. The van der Waals surface area contributed by atoms with E-state index < -0.39 is 64.7 Å². The molecule has 2 atom stereocenters. The molecule has 23 heteroatoms. The number of sulfonamides is 1. The normalized spacial score (nSPS) is 18.9. The van der Waals surface area contributed by atoms with Crippen LogP contribution in [0.15, 0.2) is 136 Å². The monoisotopic (exact) mass is 1340 g/mol. The summed E-state index contributed by atoms with van der Waals surface area (Å²) in [6.07, 6.45) is 9.91. The SMILES string of the molecule is CC1(C)CCC(c2ccc(Cl)cc2)=C(CN2CCN(c3ccc(C(=O)NS(=O)(=O)c4ccc(N[C@H](CCN5CCN(CCCCCCCC#Cc6cccc7c6CN(C6CCC(=O)NC6=O)C7=O)CC5)CSc5ccccc5)c(S(=O)(=O)C(F)(F)F)c4)cc3)CC2)C1. The number of nitrogens with zero attached hydrogens (tertiary/aromatic N) is 5. The number of hydrogen-bond donors (Lipinski definition) is 3. The maximum absolute atomic E-state index is 14.5. The molecule has 16 nitrogen and oxygen atoms in total. The summed E-state index contributed by atoms with van der Waals surface area (Å²) in [6, 6.07) is 30.6. The van der Waals surface area contributed by atoms with E-state index in [0.29, 0.717) is 48.2 Å². The molecule has 1 unspecified atom stereocenters. The Morgan fingerprint density at radius 3 is 2.17 bits per heavy atom. The average Bonchev–Trinajstić information content (AvgIpc) is 1.15. The number of carbonyl (C=O) groups excluding carboxylic acids is 4. The van der Waals surface area contributed by atoms with E-state index in [4.69, 9.17) is 11.6 Å². The van der Waals surface area contributed by atoms with Crippen LogP contribution in [0.5, 0.6) is 0 Å². The van der Waals surface area contributed by atoms with E-state index in [2.05, 4.69) is 68.1 Å². The smallest absolute Gasteiger partial charge is 0.380 e. The Morgan fingerprint density at radius 1 is 0.783 bits per heavy atom. The number of allylic oxidation sites excluding steroid dienone is 1. The number of piperazine rings is 2. The quantitative estimate of drug-likeness (QED) is 0.0229. The lowest BCUT2D eigenvalue weighted by Crippen LogP contribution is -2.52. The molecular weight excluding hydrogens is 1260 g/mol. The van der Waals surface area contributed by atoms with Crippen LogP contribution >= 0.6 is 23.4 Å². The summed E-state index contributed by atoms with van der Waals surface area (Å²) >= 11 is 7.68. The summed E-state index contributed by atoms with van der Waals surface area (Å²) in [5.74, 6) is 4.85. The van der Waals surface area contributed by atoms with Crippen LogP contribution < -0.4 is 20.3 Å². The lowest BCUT2D eigenvalue weighted by atomic mass is 9.73. The Balaban J connectivity index is 0.694. The number of imide groups is 1. The first kappa shape index (κ1) is 68.2. The highest BCUT2D eigenvalue weighted by Gasteiger charge is 2.49. The highest BCUT2D eigenvalue weighted by atomic mass is 35.5. The second-order valence-electron chi connectivity index (χ2n) is 25.3. The van der Waals surface area contributed by atoms with Crippen LogP contribution in [-0.2, 0) is 36.0 Å². The average molecular weight is 1340 g/mol. The largest absolute Gasteiger partial charge is 0.501 e. The molecule has 4 aliphatic heterocycles. The number of amides is 4. The molecule has 1 aliphatic carbocycles. The molecule has 3 N–H and O–H groups in total. The van der Waals surface area contributed by atoms with Crippen LogP contribution in [0.1, 0.15) is 128 Å². The van der Waals surface area contributed by atoms with Gasteiger partial charge in [-0.25, -0.2) is 21.6 Å². The van der Waals surface area contributed by atoms with E-state index >= 15 is 0 Å². The molecule has 92 heavy (non-hydrogen) atoms. The summed E-state index contributed by atoms with van der Waals surface area (Å²) in [7, 11) is -11.0. The highest BCUT2D eigenvalue weighted by Crippen LogP contribution is 2.43. The van der Waals surface area contributed by atoms with Gasteiger partial charge in [-0.2, -0.15) is 13.2 Å². The van der Waals surface area contributed by atoms with Gasteiger partial charge in [0.15, 0.2) is 0 Å². The molecule has 0 radical (unpaired) electrons. The molecule has 0 aromatic heterocycles. The molecule has 3 saturated heterocycles. The number of sulfone groups is 1. The number of hydrogen-bond acceptors (Lipinski definition) is 14. The molecule has 5 aromatic carbocycles. The number of anilines is 2. The number of thioether (sulfide) groups is 1. The number of fused-ring (bicyclic) bond motifs is 1. The predicted octanol–water partition coefficient (Wildman–Crippen LogP) is 11.3. The Morgan fingerprint density at radius 2 is 1.47 bits per heavy atom. The summed E-state index contributed by atoms with van der Waals surface area (Å²) in [6.45, 7) is 13.6. The van der Waals surface area contributed by atoms with Gasteiger partial charge in [0, 0.05) is 129 Å². The Bertz CT molecular complexity index is 3810. The molecule has 490 valence electrons. The van der Waals surface area contributed by atoms with Crippen molar-refractivity contribution in [3.63, 3.8) is 0 Å². The predicted molar refractivity (Wildman–Crippen MR) is 355 cm³/mol. The minimum Gasteiger partial charge on any atom is -0.380 e. The third-order valence-electron chi connectivity index (χ3n) is 18.1. The van der Waals surface area contributed by atoms with E-state index in [1.165, 1.54) is 45.5 Å². The van der Waals surface area contributed by atoms with Crippen molar-refractivity contribution in [1.29, 1.82) is 0 Å². The zero-order valence-corrected chi connectivity index (χ0v) is 55.2. The molecule has 5 aliphatic rings. The topological polar surface area (TPSA) is 189 Å². The number of rotatable bonds is 24. The molecule has 0 spiro atoms. The summed E-state index contributed by atoms with van der Waals surface area (Å²) in [4.78, 5) is 60.6. The second kappa shape index (κ2) is 30.1. The van der Waals surface area contributed by atoms with E-state index in [9.17, 15) is 49.2 Å². The van der Waals surface area contributed by atoms with Crippen molar-refractivity contribution in [3.05, 3.63) is 154 Å². The van der Waals surface area contributed by atoms with Crippen LogP contribution in [0.3, 0.4) is 0 Å². The van der Waals surface area contributed by atoms with Crippen molar-refractivity contribution < 1.29 is 49.2 Å². The van der Waals surface area contributed by atoms with Gasteiger partial charge in [0.05, 0.1) is 10.6 Å². The molecular formula is C69H80ClF3N8O8S3. The minimum atomic E-state index is -6.11. The number of nitrogens with one attached hydrogen (secondary N) is 3. The van der Waals surface area contributed by atoms with E-state index in [1.54, 1.807) is 24.3 Å². The molecule has 5 aromatic rings. The zero-order valence-electron chi connectivity index (χ0n) is 52.0. The van der Waals surface area contributed by atoms with Gasteiger partial charge in [-0.3, -0.25) is 29.4 Å². The molecule has 10 rings (SSSR count). The second-order valence-corrected chi connectivity index (χ2v) is 30.4. The van der Waals surface area contributed by atoms with Crippen LogP contribution in [-0.4, -0.2) is 155 Å². The van der Waals surface area contributed by atoms with Gasteiger partial charge in [-0.05, 0) is 152 Å². The third kappa shape index (κ3) is 17.4. The number of piperidine rings is 1. The van der Waals surface area contributed by atoms with Crippen molar-refractivity contribution in [3.8, 4) is 11.8 Å². The lowest BCUT2D eigenvalue weighted by Gasteiger charge is -2.39. The lowest BCUT2D eigenvalue weighted by molar-refractivity contribution is -0.136. The first-order valence-corrected chi connectivity index (χ1v) is 36.0. The first-order valence-electron chi connectivity index (χ1n) is 31.7. The van der Waals surface area contributed by atoms with Gasteiger partial charge < -0.3 is 24.9 Å². The van der Waals surface area contributed by atoms with Crippen LogP contribution in [0.25, 0.3) is 5.57 Å². The molecule has 0 bridgehead atoms. The molecule has 4 heterocycles. The molecule has 4 amide bonds. The fourth-order valence-corrected chi connectivity index (χ4v) is 16.0. The highest BCUT2D eigenvalue weighted by molar-refractivity contribution is 7.99. The first-order chi connectivity index (χ1) is 44.0. The van der Waals surface area contributed by atoms with E-state index in [-0.39, 0.29) is 35.8 Å². The van der Waals surface area contributed by atoms with Gasteiger partial charge in [0.1, 0.15) is 10.9 Å². The van der Waals surface area contributed by atoms with Gasteiger partial charge in [-0.1, -0.05) is 98.5 Å². The van der Waals surface area contributed by atoms with Crippen LogP contribution in [0.2, 0.25) is 5.02 Å². The summed E-state index contributed by atoms with van der Waals surface area (Å²) in [5, 5.41) is 6.12. The van der Waals surface area contributed by atoms with Crippen molar-refractivity contribution in [2.24, 2.45) is 5.41 Å². The van der Waals surface area contributed by atoms with Gasteiger partial charge in [0.2, 0.25) is 11.8 Å². The number of carbonyl (C=O) groups is 4. The standard InChI is InChI=1S/C69H80ClF3N8O8S3/c1-68(2)33-31-58(50-19-23-53(70)24-20-50)52(45-68)46-79-40-42-80(43-41-79)55-25-21-51(22-26-55)65(83)76-92(88,89)57-27-28-61(63(44-57)91(86,87)69(71,72)73)74-54(48-90-56-16-10-8-11-17-56)32-35-78-38-36-77(37-39-78)34-12-7-5-3-4-6-9-14-49-15-13-18-59-60(49)47-81(67(59)85)62-29-30-64(82)75-66(62)84/h8,10-11,13,15-28,44,54,62,74H,3-7,12,29-43,45-48H2,1-2H3,(H,76,83)(H,75,82,84)/t54-,62?/m1/s1. The van der Waals surface area contributed by atoms with Gasteiger partial charge in [-0.15, -0.1) is 11.8 Å². The summed E-state index contributed by atoms with van der Waals surface area (Å²) in [5.41, 5.74) is 1.02. The Labute approximate surface area is 548 Å². The number of alkyl halides is 3. The van der Waals surface area contributed by atoms with Crippen molar-refractivity contribution in [1.82, 2.24) is 29.6 Å². The number of halogens is 4. The summed E-state index contributed by atoms with van der Waals surface area (Å²) < 4.78 is 99.9. The zero-order chi connectivity index (χ0) is 65.2. The Kier molecular flexibility index (Phi) is 22.3. The van der Waals surface area contributed by atoms with Crippen molar-refractivity contribution in [2.45, 2.75) is 130 Å². The van der Waals surface area contributed by atoms with Crippen LogP contribution in [0, 0.1) is 17.3 Å². The fourth-order valence-electron chi connectivity index (χ4n) is 12.8. The van der Waals surface area contributed by atoms with Crippen molar-refractivity contribution in [2.75, 3.05) is 88.0 Å². The maximum Gasteiger partial charge on any atom is 0.501 e. The fraction of sp³-hybridized carbons (Fsp3) is 0.449. The minimum absolute atomic E-state index is 0.0131. The third-order valence-corrected chi connectivity index (χ3v) is 22.4. The van der Waals surface area contributed by atoms with Crippen LogP contribution in [0.4, 0.5) is 24.5 Å². The van der Waals surface area contributed by atoms with Gasteiger partial charge in [0.25, 0.3) is 31.7 Å². The molecule has 0 saturated carbocycles. The van der Waals surface area contributed by atoms with Gasteiger partial charge >= 0.3 is 5.51 Å². The number of unbranched alkanes of at least 4 members (excludes halogenated alkanes) is 5. The number of benzene rings is 5.